The van der Waals surface area contributed by atoms with Gasteiger partial charge in [-0.15, -0.1) is 0 Å². The van der Waals surface area contributed by atoms with Crippen molar-refractivity contribution in [3.05, 3.63) is 11.6 Å². The number of ether oxygens (including phenoxy) is 1. The second-order valence-electron chi connectivity index (χ2n) is 8.22. The maximum Gasteiger partial charge on any atom is 0.407 e. The molecule has 0 bridgehead atoms. The first-order valence-corrected chi connectivity index (χ1v) is 10.1. The fourth-order valence-electron chi connectivity index (χ4n) is 3.21. The number of hydrogen-bond acceptors (Lipinski definition) is 5. The molecule has 2 rings (SSSR count). The Morgan fingerprint density at radius 3 is 2.82 bits per heavy atom. The van der Waals surface area contributed by atoms with Crippen molar-refractivity contribution in [3.8, 4) is 0 Å². The second kappa shape index (κ2) is 9.75. The fraction of sp³-hybridized carbons (Fsp3) is 0.789. The lowest BCUT2D eigenvalue weighted by Crippen LogP contribution is -2.51. The average molecular weight is 394 g/mol. The van der Waals surface area contributed by atoms with Gasteiger partial charge in [-0.1, -0.05) is 13.3 Å². The van der Waals surface area contributed by atoms with E-state index in [0.29, 0.717) is 6.54 Å². The Bertz CT molecular complexity index is 678. The van der Waals surface area contributed by atoms with Crippen LogP contribution in [0.25, 0.3) is 0 Å². The summed E-state index contributed by atoms with van der Waals surface area (Å²) >= 11 is 0. The van der Waals surface area contributed by atoms with Crippen LogP contribution < -0.4 is 16.0 Å². The zero-order valence-electron chi connectivity index (χ0n) is 18.0. The van der Waals surface area contributed by atoms with E-state index in [-0.39, 0.29) is 12.1 Å². The molecule has 0 radical (unpaired) electrons. The smallest absolute Gasteiger partial charge is 0.407 e. The molecule has 9 nitrogen and oxygen atoms in total. The summed E-state index contributed by atoms with van der Waals surface area (Å²) in [5, 5.41) is 14.2. The van der Waals surface area contributed by atoms with E-state index in [1.807, 2.05) is 32.4 Å². The van der Waals surface area contributed by atoms with E-state index in [9.17, 15) is 4.79 Å². The Labute approximate surface area is 167 Å². The van der Waals surface area contributed by atoms with Crippen molar-refractivity contribution in [2.24, 2.45) is 4.99 Å². The second-order valence-corrected chi connectivity index (χ2v) is 8.22. The highest BCUT2D eigenvalue weighted by atomic mass is 16.6. The summed E-state index contributed by atoms with van der Waals surface area (Å²) in [6.45, 7) is 10.9. The van der Waals surface area contributed by atoms with Crippen LogP contribution in [0.5, 0.6) is 0 Å². The van der Waals surface area contributed by atoms with Gasteiger partial charge in [-0.25, -0.2) is 14.5 Å². The lowest BCUT2D eigenvalue weighted by molar-refractivity contribution is 0.0502. The predicted molar refractivity (Wildman–Crippen MR) is 109 cm³/mol. The molecule has 1 amide bonds. The molecule has 1 aliphatic heterocycles. The van der Waals surface area contributed by atoms with Crippen LogP contribution in [0.15, 0.2) is 4.99 Å². The Hall–Kier alpha value is -2.32. The number of guanidine groups is 1. The first-order chi connectivity index (χ1) is 13.2. The highest BCUT2D eigenvalue weighted by Crippen LogP contribution is 2.12. The lowest BCUT2D eigenvalue weighted by atomic mass is 10.1. The van der Waals surface area contributed by atoms with Crippen molar-refractivity contribution < 1.29 is 9.53 Å². The lowest BCUT2D eigenvalue weighted by Gasteiger charge is -2.27. The number of nitrogens with zero attached hydrogens (tertiary/aromatic N) is 4. The normalized spacial score (nSPS) is 18.2. The third kappa shape index (κ3) is 7.01. The van der Waals surface area contributed by atoms with E-state index in [1.54, 1.807) is 7.05 Å². The van der Waals surface area contributed by atoms with Gasteiger partial charge in [-0.2, -0.15) is 5.10 Å². The topological polar surface area (TPSA) is 105 Å². The minimum atomic E-state index is -0.509. The van der Waals surface area contributed by atoms with E-state index in [4.69, 9.17) is 4.74 Å². The Morgan fingerprint density at radius 2 is 2.18 bits per heavy atom. The quantitative estimate of drug-likeness (QED) is 0.502. The van der Waals surface area contributed by atoms with Gasteiger partial charge in [0.25, 0.3) is 0 Å². The Balaban J connectivity index is 1.84. The van der Waals surface area contributed by atoms with Gasteiger partial charge in [0, 0.05) is 32.1 Å². The monoisotopic (exact) mass is 393 g/mol. The van der Waals surface area contributed by atoms with Gasteiger partial charge < -0.3 is 20.7 Å². The van der Waals surface area contributed by atoms with Crippen molar-refractivity contribution in [1.82, 2.24) is 30.7 Å². The van der Waals surface area contributed by atoms with Crippen LogP contribution in [-0.4, -0.2) is 58.1 Å². The van der Waals surface area contributed by atoms with Gasteiger partial charge in [0.1, 0.15) is 17.2 Å². The van der Waals surface area contributed by atoms with Gasteiger partial charge in [-0.3, -0.25) is 4.99 Å². The molecule has 28 heavy (non-hydrogen) atoms. The van der Waals surface area contributed by atoms with E-state index >= 15 is 0 Å². The molecule has 2 heterocycles. The SMILES string of the molecule is CCCC(CNC(=NC)NC1CCc2nc(C)nn2C1)NC(=O)OC(C)(C)C. The summed E-state index contributed by atoms with van der Waals surface area (Å²) in [6, 6.07) is 0.206. The summed E-state index contributed by atoms with van der Waals surface area (Å²) in [4.78, 5) is 20.8. The van der Waals surface area contributed by atoms with Gasteiger partial charge in [0.2, 0.25) is 0 Å². The third-order valence-electron chi connectivity index (χ3n) is 4.40. The van der Waals surface area contributed by atoms with Crippen LogP contribution in [0.1, 0.15) is 58.6 Å². The number of amides is 1. The van der Waals surface area contributed by atoms with Crippen LogP contribution in [0.4, 0.5) is 4.79 Å². The molecule has 0 saturated carbocycles. The number of aromatic nitrogens is 3. The molecule has 158 valence electrons. The number of rotatable bonds is 6. The molecule has 3 N–H and O–H groups in total. The predicted octanol–water partition coefficient (Wildman–Crippen LogP) is 1.76. The summed E-state index contributed by atoms with van der Waals surface area (Å²) in [5.41, 5.74) is -0.509. The number of aryl methyl sites for hydroxylation is 2. The van der Waals surface area contributed by atoms with Crippen molar-refractivity contribution in [2.75, 3.05) is 13.6 Å². The van der Waals surface area contributed by atoms with E-state index < -0.39 is 11.7 Å². The van der Waals surface area contributed by atoms with E-state index in [0.717, 1.165) is 49.8 Å². The molecule has 1 aliphatic rings. The van der Waals surface area contributed by atoms with Crippen LogP contribution in [0, 0.1) is 6.92 Å². The van der Waals surface area contributed by atoms with Gasteiger partial charge in [0.05, 0.1) is 6.54 Å². The maximum absolute atomic E-state index is 12.1. The fourth-order valence-corrected chi connectivity index (χ4v) is 3.21. The van der Waals surface area contributed by atoms with Gasteiger partial charge >= 0.3 is 6.09 Å². The summed E-state index contributed by atoms with van der Waals surface area (Å²) < 4.78 is 7.33. The molecule has 2 atom stereocenters. The zero-order valence-corrected chi connectivity index (χ0v) is 18.0. The first kappa shape index (κ1) is 22.0. The van der Waals surface area contributed by atoms with Crippen molar-refractivity contribution >= 4 is 12.1 Å². The molecule has 0 spiro atoms. The van der Waals surface area contributed by atoms with Gasteiger partial charge in [0.15, 0.2) is 5.96 Å². The first-order valence-electron chi connectivity index (χ1n) is 10.1. The molecule has 0 saturated heterocycles. The minimum absolute atomic E-state index is 0.0330. The number of carbonyl (C=O) groups excluding carboxylic acids is 1. The van der Waals surface area contributed by atoms with E-state index in [2.05, 4.69) is 37.9 Å². The summed E-state index contributed by atoms with van der Waals surface area (Å²) in [7, 11) is 1.75. The summed E-state index contributed by atoms with van der Waals surface area (Å²) in [6.07, 6.45) is 3.30. The Kier molecular flexibility index (Phi) is 7.65. The average Bonchev–Trinajstić information content (AvgIpc) is 2.96. The van der Waals surface area contributed by atoms with Crippen molar-refractivity contribution in [2.45, 2.75) is 84.5 Å². The highest BCUT2D eigenvalue weighted by Gasteiger charge is 2.23. The Morgan fingerprint density at radius 1 is 1.43 bits per heavy atom. The largest absolute Gasteiger partial charge is 0.444 e. The molecular formula is C19H35N7O2. The maximum atomic E-state index is 12.1. The van der Waals surface area contributed by atoms with Crippen LogP contribution in [0.2, 0.25) is 0 Å². The minimum Gasteiger partial charge on any atom is -0.444 e. The molecule has 0 aromatic carbocycles. The number of hydrogen-bond donors (Lipinski definition) is 3. The summed E-state index contributed by atoms with van der Waals surface area (Å²) in [5.74, 6) is 2.58. The molecule has 0 aliphatic carbocycles. The number of alkyl carbamates (subject to hydrolysis) is 1. The van der Waals surface area contributed by atoms with E-state index in [1.165, 1.54) is 0 Å². The number of aliphatic imine (C=N–C) groups is 1. The molecule has 1 aromatic rings. The number of nitrogens with one attached hydrogen (secondary N) is 3. The molecule has 0 fully saturated rings. The number of fused-ring (bicyclic) bond motifs is 1. The zero-order chi connectivity index (χ0) is 20.7. The highest BCUT2D eigenvalue weighted by molar-refractivity contribution is 5.80. The standard InChI is InChI=1S/C19H35N7O2/c1-7-8-14(24-18(27)28-19(3,4)5)11-21-17(20-6)23-15-9-10-16-22-13(2)25-26(16)12-15/h14-15H,7-12H2,1-6H3,(H,24,27)(H2,20,21,23). The molecule has 9 heteroatoms. The van der Waals surface area contributed by atoms with Crippen LogP contribution in [0.3, 0.4) is 0 Å². The number of carbonyl (C=O) groups is 1. The van der Waals surface area contributed by atoms with Gasteiger partial charge in [-0.05, 0) is 40.5 Å². The molecule has 1 aromatic heterocycles. The van der Waals surface area contributed by atoms with Crippen LogP contribution >= 0.6 is 0 Å². The van der Waals surface area contributed by atoms with Crippen molar-refractivity contribution in [1.29, 1.82) is 0 Å². The van der Waals surface area contributed by atoms with Crippen LogP contribution in [-0.2, 0) is 17.7 Å². The molecule has 2 unspecified atom stereocenters. The third-order valence-corrected chi connectivity index (χ3v) is 4.40. The molecular weight excluding hydrogens is 358 g/mol. The van der Waals surface area contributed by atoms with Crippen molar-refractivity contribution in [3.63, 3.8) is 0 Å².